The zero-order valence-electron chi connectivity index (χ0n) is 15.4. The summed E-state index contributed by atoms with van der Waals surface area (Å²) in [4.78, 5) is 23.3. The molecule has 0 spiro atoms. The number of hydrogen-bond donors (Lipinski definition) is 0. The van der Waals surface area contributed by atoms with Crippen molar-refractivity contribution in [1.29, 1.82) is 0 Å². The second-order valence-electron chi connectivity index (χ2n) is 6.63. The van der Waals surface area contributed by atoms with Crippen molar-refractivity contribution >= 4 is 11.9 Å². The maximum Gasteiger partial charge on any atom is 0.308 e. The second kappa shape index (κ2) is 9.30. The summed E-state index contributed by atoms with van der Waals surface area (Å²) in [5.41, 5.74) is 1.59. The van der Waals surface area contributed by atoms with Crippen molar-refractivity contribution in [3.8, 4) is 5.75 Å². The number of rotatable bonds is 8. The molecule has 1 rings (SSSR count). The number of benzene rings is 1. The molecule has 5 nitrogen and oxygen atoms in total. The largest absolute Gasteiger partial charge is 0.491 e. The quantitative estimate of drug-likeness (QED) is 0.674. The van der Waals surface area contributed by atoms with E-state index in [4.69, 9.17) is 14.2 Å². The molecule has 1 aromatic rings. The van der Waals surface area contributed by atoms with Crippen LogP contribution >= 0.6 is 0 Å². The lowest BCUT2D eigenvalue weighted by Gasteiger charge is -2.16. The van der Waals surface area contributed by atoms with Gasteiger partial charge in [-0.15, -0.1) is 0 Å². The van der Waals surface area contributed by atoms with Crippen molar-refractivity contribution in [3.05, 3.63) is 29.3 Å². The van der Waals surface area contributed by atoms with Gasteiger partial charge < -0.3 is 14.2 Å². The minimum atomic E-state index is -0.262. The molecule has 24 heavy (non-hydrogen) atoms. The zero-order valence-corrected chi connectivity index (χ0v) is 15.4. The van der Waals surface area contributed by atoms with Gasteiger partial charge in [-0.2, -0.15) is 0 Å². The van der Waals surface area contributed by atoms with E-state index < -0.39 is 0 Å². The van der Waals surface area contributed by atoms with E-state index in [9.17, 15) is 9.59 Å². The van der Waals surface area contributed by atoms with Gasteiger partial charge in [-0.1, -0.05) is 33.8 Å². The van der Waals surface area contributed by atoms with Gasteiger partial charge in [0, 0.05) is 5.56 Å². The maximum absolute atomic E-state index is 11.7. The van der Waals surface area contributed by atoms with Gasteiger partial charge in [0.1, 0.15) is 19.0 Å². The fourth-order valence-corrected chi connectivity index (χ4v) is 1.84. The highest BCUT2D eigenvalue weighted by atomic mass is 16.5. The monoisotopic (exact) mass is 336 g/mol. The van der Waals surface area contributed by atoms with Crippen LogP contribution in [0.4, 0.5) is 0 Å². The second-order valence-corrected chi connectivity index (χ2v) is 6.63. The molecular formula is C19H28O5. The molecule has 0 N–H and O–H groups in total. The molecule has 0 radical (unpaired) electrons. The number of carbonyl (C=O) groups excluding carboxylic acids is 2. The summed E-state index contributed by atoms with van der Waals surface area (Å²) in [5.74, 6) is -0.192. The number of carbonyl (C=O) groups is 2. The maximum atomic E-state index is 11.7. The van der Waals surface area contributed by atoms with Gasteiger partial charge in [0.2, 0.25) is 0 Å². The van der Waals surface area contributed by atoms with Crippen molar-refractivity contribution in [1.82, 2.24) is 0 Å². The van der Waals surface area contributed by atoms with E-state index in [1.807, 2.05) is 32.0 Å². The lowest BCUT2D eigenvalue weighted by molar-refractivity contribution is -0.149. The zero-order chi connectivity index (χ0) is 18.3. The molecule has 0 unspecified atom stereocenters. The number of ether oxygens (including phenoxy) is 3. The predicted octanol–water partition coefficient (Wildman–Crippen LogP) is 3.87. The molecule has 134 valence electrons. The van der Waals surface area contributed by atoms with E-state index in [0.717, 1.165) is 11.1 Å². The lowest BCUT2D eigenvalue weighted by Crippen LogP contribution is -2.14. The molecule has 0 saturated carbocycles. The van der Waals surface area contributed by atoms with Gasteiger partial charge in [0.05, 0.1) is 17.9 Å². The van der Waals surface area contributed by atoms with Gasteiger partial charge >= 0.3 is 11.9 Å². The smallest absolute Gasteiger partial charge is 0.308 e. The van der Waals surface area contributed by atoms with Crippen LogP contribution in [-0.2, 0) is 32.3 Å². The minimum absolute atomic E-state index is 0.00849. The predicted molar refractivity (Wildman–Crippen MR) is 91.5 cm³/mol. The first-order valence-corrected chi connectivity index (χ1v) is 8.32. The van der Waals surface area contributed by atoms with Crippen LogP contribution in [0.3, 0.4) is 0 Å². The molecule has 0 aliphatic carbocycles. The van der Waals surface area contributed by atoms with Crippen LogP contribution in [0, 0.1) is 11.8 Å². The molecule has 0 aliphatic heterocycles. The molecule has 0 aliphatic rings. The fourth-order valence-electron chi connectivity index (χ4n) is 1.84. The lowest BCUT2D eigenvalue weighted by atomic mass is 10.1. The highest BCUT2D eigenvalue weighted by molar-refractivity contribution is 5.72. The van der Waals surface area contributed by atoms with E-state index in [1.54, 1.807) is 27.7 Å². The summed E-state index contributed by atoms with van der Waals surface area (Å²) in [6.45, 7) is 11.3. The van der Waals surface area contributed by atoms with Crippen LogP contribution in [-0.4, -0.2) is 18.0 Å². The van der Waals surface area contributed by atoms with Crippen LogP contribution in [0.2, 0.25) is 0 Å². The van der Waals surface area contributed by atoms with E-state index in [-0.39, 0.29) is 43.1 Å². The van der Waals surface area contributed by atoms with Crippen LogP contribution in [0.25, 0.3) is 0 Å². The third-order valence-corrected chi connectivity index (χ3v) is 3.18. The molecule has 0 atom stereocenters. The summed E-state index contributed by atoms with van der Waals surface area (Å²) in [6.07, 6.45) is 0.00849. The third kappa shape index (κ3) is 6.60. The van der Waals surface area contributed by atoms with E-state index >= 15 is 0 Å². The molecule has 0 amide bonds. The average Bonchev–Trinajstić information content (AvgIpc) is 2.50. The van der Waals surface area contributed by atoms with Crippen molar-refractivity contribution in [2.75, 3.05) is 0 Å². The fraction of sp³-hybridized carbons (Fsp3) is 0.579. The van der Waals surface area contributed by atoms with Crippen LogP contribution in [0.15, 0.2) is 18.2 Å². The number of hydrogen-bond acceptors (Lipinski definition) is 5. The average molecular weight is 336 g/mol. The van der Waals surface area contributed by atoms with E-state index in [2.05, 4.69) is 0 Å². The van der Waals surface area contributed by atoms with Gasteiger partial charge in [-0.05, 0) is 31.5 Å². The molecule has 1 aromatic carbocycles. The first-order chi connectivity index (χ1) is 11.2. The molecule has 0 bridgehead atoms. The Morgan fingerprint density at radius 1 is 0.875 bits per heavy atom. The molecule has 0 saturated heterocycles. The van der Waals surface area contributed by atoms with Crippen LogP contribution in [0.1, 0.15) is 52.7 Å². The summed E-state index contributed by atoms with van der Waals surface area (Å²) < 4.78 is 16.3. The first kappa shape index (κ1) is 20.0. The topological polar surface area (TPSA) is 61.8 Å². The van der Waals surface area contributed by atoms with E-state index in [1.165, 1.54) is 0 Å². The Morgan fingerprint density at radius 2 is 1.42 bits per heavy atom. The SMILES string of the molecule is CC(C)Oc1ccc(COC(=O)C(C)C)cc1COC(=O)C(C)C. The Hall–Kier alpha value is -2.04. The number of esters is 2. The van der Waals surface area contributed by atoms with Crippen molar-refractivity contribution in [3.63, 3.8) is 0 Å². The standard InChI is InChI=1S/C19H28O5/c1-12(2)18(20)22-10-15-7-8-17(24-14(5)6)16(9-15)11-23-19(21)13(3)4/h7-9,12-14H,10-11H2,1-6H3. The summed E-state index contributed by atoms with van der Waals surface area (Å²) >= 11 is 0. The molecule has 0 aromatic heterocycles. The van der Waals surface area contributed by atoms with Gasteiger partial charge in [-0.3, -0.25) is 9.59 Å². The Balaban J connectivity index is 2.87. The highest BCUT2D eigenvalue weighted by Crippen LogP contribution is 2.23. The highest BCUT2D eigenvalue weighted by Gasteiger charge is 2.14. The summed E-state index contributed by atoms with van der Waals surface area (Å²) in [5, 5.41) is 0. The van der Waals surface area contributed by atoms with Crippen molar-refractivity contribution < 1.29 is 23.8 Å². The molecule has 5 heteroatoms. The van der Waals surface area contributed by atoms with Gasteiger partial charge in [-0.25, -0.2) is 0 Å². The van der Waals surface area contributed by atoms with Crippen LogP contribution < -0.4 is 4.74 Å². The summed E-state index contributed by atoms with van der Waals surface area (Å²) in [7, 11) is 0. The van der Waals surface area contributed by atoms with E-state index in [0.29, 0.717) is 5.75 Å². The van der Waals surface area contributed by atoms with Crippen molar-refractivity contribution in [2.45, 2.75) is 60.9 Å². The minimum Gasteiger partial charge on any atom is -0.491 e. The Morgan fingerprint density at radius 3 is 1.92 bits per heavy atom. The molecule has 0 heterocycles. The Labute approximate surface area is 144 Å². The van der Waals surface area contributed by atoms with Gasteiger partial charge in [0.25, 0.3) is 0 Å². The summed E-state index contributed by atoms with van der Waals surface area (Å²) in [6, 6.07) is 5.51. The Kier molecular flexibility index (Phi) is 7.75. The van der Waals surface area contributed by atoms with Gasteiger partial charge in [0.15, 0.2) is 0 Å². The normalized spacial score (nSPS) is 11.0. The van der Waals surface area contributed by atoms with Crippen molar-refractivity contribution in [2.24, 2.45) is 11.8 Å². The first-order valence-electron chi connectivity index (χ1n) is 8.32. The molecular weight excluding hydrogens is 308 g/mol. The molecule has 0 fully saturated rings. The Bertz CT molecular complexity index is 561. The van der Waals surface area contributed by atoms with Crippen LogP contribution in [0.5, 0.6) is 5.75 Å². The third-order valence-electron chi connectivity index (χ3n) is 3.18.